The molecule has 2 aromatic carbocycles. The number of unbranched alkanes of at least 4 members (excludes halogenated alkanes) is 1. The molecule has 4 rings (SSSR count). The van der Waals surface area contributed by atoms with Crippen molar-refractivity contribution in [3.8, 4) is 11.5 Å². The maximum Gasteiger partial charge on any atom is 0.290 e. The van der Waals surface area contributed by atoms with Gasteiger partial charge in [0.05, 0.1) is 30.7 Å². The van der Waals surface area contributed by atoms with E-state index in [1.165, 1.54) is 0 Å². The van der Waals surface area contributed by atoms with Crippen molar-refractivity contribution in [2.45, 2.75) is 32.7 Å². The van der Waals surface area contributed by atoms with Gasteiger partial charge in [-0.1, -0.05) is 31.0 Å². The zero-order chi connectivity index (χ0) is 24.4. The summed E-state index contributed by atoms with van der Waals surface area (Å²) in [5.41, 5.74) is 2.37. The first-order chi connectivity index (χ1) is 16.3. The van der Waals surface area contributed by atoms with E-state index < -0.39 is 6.04 Å². The molecule has 34 heavy (non-hydrogen) atoms. The van der Waals surface area contributed by atoms with Crippen LogP contribution in [0.25, 0.3) is 11.0 Å². The molecule has 3 aromatic rings. The number of likely N-dealkylation sites (N-methyl/N-ethyl adjacent to an activating group) is 1. The summed E-state index contributed by atoms with van der Waals surface area (Å²) in [5.74, 6) is 1.06. The standard InChI is InChI=1S/C27H32N2O5/c1-6-7-14-33-21-11-9-18(16-22(21)32-5)24-23-25(30)19-15-17(2)8-10-20(19)34-26(23)27(31)29(24)13-12-28(3)4/h8-11,15-16,24H,6-7,12-14H2,1-5H3. The van der Waals surface area contributed by atoms with E-state index >= 15 is 0 Å². The van der Waals surface area contributed by atoms with Gasteiger partial charge in [0.2, 0.25) is 5.76 Å². The van der Waals surface area contributed by atoms with E-state index in [9.17, 15) is 9.59 Å². The number of fused-ring (bicyclic) bond motifs is 2. The highest BCUT2D eigenvalue weighted by molar-refractivity contribution is 5.99. The van der Waals surface area contributed by atoms with Crippen molar-refractivity contribution < 1.29 is 18.7 Å². The fraction of sp³-hybridized carbons (Fsp3) is 0.407. The number of benzene rings is 2. The average molecular weight is 465 g/mol. The van der Waals surface area contributed by atoms with Crippen LogP contribution in [0.5, 0.6) is 11.5 Å². The molecule has 0 saturated heterocycles. The zero-order valence-electron chi connectivity index (χ0n) is 20.5. The number of aryl methyl sites for hydroxylation is 1. The minimum Gasteiger partial charge on any atom is -0.493 e. The Bertz CT molecular complexity index is 1260. The van der Waals surface area contributed by atoms with E-state index in [4.69, 9.17) is 13.9 Å². The summed E-state index contributed by atoms with van der Waals surface area (Å²) < 4.78 is 17.5. The SMILES string of the molecule is CCCCOc1ccc(C2c3c(oc4ccc(C)cc4c3=O)C(=O)N2CCN(C)C)cc1OC. The Morgan fingerprint density at radius 1 is 1.09 bits per heavy atom. The Balaban J connectivity index is 1.85. The molecular weight excluding hydrogens is 432 g/mol. The second-order valence-electron chi connectivity index (χ2n) is 8.99. The summed E-state index contributed by atoms with van der Waals surface area (Å²) in [7, 11) is 5.50. The molecule has 0 saturated carbocycles. The molecule has 0 bridgehead atoms. The van der Waals surface area contributed by atoms with Crippen LogP contribution in [0.4, 0.5) is 0 Å². The van der Waals surface area contributed by atoms with Crippen molar-refractivity contribution in [1.29, 1.82) is 0 Å². The third-order valence-electron chi connectivity index (χ3n) is 6.17. The number of hydrogen-bond acceptors (Lipinski definition) is 6. The van der Waals surface area contributed by atoms with Crippen LogP contribution < -0.4 is 14.9 Å². The van der Waals surface area contributed by atoms with Crippen molar-refractivity contribution in [2.75, 3.05) is 40.9 Å². The Morgan fingerprint density at radius 3 is 2.59 bits per heavy atom. The maximum absolute atomic E-state index is 13.7. The van der Waals surface area contributed by atoms with Crippen molar-refractivity contribution in [2.24, 2.45) is 0 Å². The zero-order valence-corrected chi connectivity index (χ0v) is 20.5. The molecule has 180 valence electrons. The molecule has 1 amide bonds. The van der Waals surface area contributed by atoms with Crippen LogP contribution in [0.1, 0.15) is 53.1 Å². The normalized spacial score (nSPS) is 15.3. The van der Waals surface area contributed by atoms with E-state index in [1.54, 1.807) is 18.1 Å². The summed E-state index contributed by atoms with van der Waals surface area (Å²) in [6.07, 6.45) is 1.98. The molecule has 0 radical (unpaired) electrons. The predicted molar refractivity (Wildman–Crippen MR) is 132 cm³/mol. The van der Waals surface area contributed by atoms with Gasteiger partial charge in [-0.25, -0.2) is 0 Å². The fourth-order valence-corrected chi connectivity index (χ4v) is 4.32. The molecule has 7 nitrogen and oxygen atoms in total. The van der Waals surface area contributed by atoms with E-state index in [-0.39, 0.29) is 17.1 Å². The predicted octanol–water partition coefficient (Wildman–Crippen LogP) is 4.40. The molecule has 7 heteroatoms. The highest BCUT2D eigenvalue weighted by Gasteiger charge is 2.42. The first-order valence-corrected chi connectivity index (χ1v) is 11.7. The van der Waals surface area contributed by atoms with Gasteiger partial charge in [-0.3, -0.25) is 9.59 Å². The molecule has 1 atom stereocenters. The third kappa shape index (κ3) is 4.40. The first kappa shape index (κ1) is 23.8. The number of rotatable bonds is 9. The molecule has 0 N–H and O–H groups in total. The van der Waals surface area contributed by atoms with Crippen molar-refractivity contribution in [1.82, 2.24) is 9.80 Å². The van der Waals surface area contributed by atoms with Gasteiger partial charge >= 0.3 is 0 Å². The van der Waals surface area contributed by atoms with Gasteiger partial charge in [-0.2, -0.15) is 0 Å². The lowest BCUT2D eigenvalue weighted by molar-refractivity contribution is 0.0716. The average Bonchev–Trinajstić information content (AvgIpc) is 3.10. The number of carbonyl (C=O) groups is 1. The quantitative estimate of drug-likeness (QED) is 0.437. The second kappa shape index (κ2) is 9.89. The number of ether oxygens (including phenoxy) is 2. The molecule has 2 heterocycles. The highest BCUT2D eigenvalue weighted by Crippen LogP contribution is 2.41. The minimum atomic E-state index is -0.567. The van der Waals surface area contributed by atoms with Crippen LogP contribution in [0.2, 0.25) is 0 Å². The monoisotopic (exact) mass is 464 g/mol. The van der Waals surface area contributed by atoms with E-state index in [0.717, 1.165) is 24.0 Å². The van der Waals surface area contributed by atoms with Crippen LogP contribution in [0.3, 0.4) is 0 Å². The van der Waals surface area contributed by atoms with E-state index in [2.05, 4.69) is 6.92 Å². The molecule has 1 aromatic heterocycles. The minimum absolute atomic E-state index is 0.118. The van der Waals surface area contributed by atoms with Gasteiger partial charge in [0.15, 0.2) is 16.9 Å². The third-order valence-corrected chi connectivity index (χ3v) is 6.17. The van der Waals surface area contributed by atoms with Gasteiger partial charge in [0.1, 0.15) is 5.58 Å². The molecule has 1 unspecified atom stereocenters. The number of carbonyl (C=O) groups excluding carboxylic acids is 1. The Kier molecular flexibility index (Phi) is 6.93. The fourth-order valence-electron chi connectivity index (χ4n) is 4.32. The highest BCUT2D eigenvalue weighted by atomic mass is 16.5. The summed E-state index contributed by atoms with van der Waals surface area (Å²) in [6, 6.07) is 10.5. The smallest absolute Gasteiger partial charge is 0.290 e. The Labute approximate surface area is 199 Å². The second-order valence-corrected chi connectivity index (χ2v) is 8.99. The van der Waals surface area contributed by atoms with Crippen LogP contribution in [0, 0.1) is 6.92 Å². The number of amides is 1. The molecule has 0 fully saturated rings. The summed E-state index contributed by atoms with van der Waals surface area (Å²) in [6.45, 7) is 5.74. The Morgan fingerprint density at radius 2 is 1.88 bits per heavy atom. The lowest BCUT2D eigenvalue weighted by Gasteiger charge is -2.27. The summed E-state index contributed by atoms with van der Waals surface area (Å²) in [4.78, 5) is 30.9. The van der Waals surface area contributed by atoms with Crippen LogP contribution in [0.15, 0.2) is 45.6 Å². The molecule has 0 spiro atoms. The van der Waals surface area contributed by atoms with Crippen molar-refractivity contribution in [3.63, 3.8) is 0 Å². The largest absolute Gasteiger partial charge is 0.493 e. The molecule has 0 aliphatic carbocycles. The van der Waals surface area contributed by atoms with E-state index in [0.29, 0.717) is 47.7 Å². The van der Waals surface area contributed by atoms with Crippen molar-refractivity contribution >= 4 is 16.9 Å². The number of hydrogen-bond donors (Lipinski definition) is 0. The molecule has 1 aliphatic heterocycles. The van der Waals surface area contributed by atoms with Gasteiger partial charge < -0.3 is 23.7 Å². The van der Waals surface area contributed by atoms with Crippen LogP contribution in [-0.4, -0.2) is 56.6 Å². The maximum atomic E-state index is 13.7. The lowest BCUT2D eigenvalue weighted by Crippen LogP contribution is -2.35. The van der Waals surface area contributed by atoms with Gasteiger partial charge in [-0.05, 0) is 57.3 Å². The van der Waals surface area contributed by atoms with Crippen LogP contribution in [-0.2, 0) is 0 Å². The number of methoxy groups -OCH3 is 1. The Hall–Kier alpha value is -3.32. The molecule has 1 aliphatic rings. The van der Waals surface area contributed by atoms with Gasteiger partial charge in [0, 0.05) is 13.1 Å². The topological polar surface area (TPSA) is 72.2 Å². The first-order valence-electron chi connectivity index (χ1n) is 11.7. The summed E-state index contributed by atoms with van der Waals surface area (Å²) >= 11 is 0. The van der Waals surface area contributed by atoms with Crippen LogP contribution >= 0.6 is 0 Å². The van der Waals surface area contributed by atoms with E-state index in [1.807, 2.05) is 56.3 Å². The molecular formula is C27H32N2O5. The number of nitrogens with zero attached hydrogens (tertiary/aromatic N) is 2. The van der Waals surface area contributed by atoms with Gasteiger partial charge in [0.25, 0.3) is 5.91 Å². The van der Waals surface area contributed by atoms with Gasteiger partial charge in [-0.15, -0.1) is 0 Å². The lowest BCUT2D eigenvalue weighted by atomic mass is 9.97. The van der Waals surface area contributed by atoms with Crippen molar-refractivity contribution in [3.05, 3.63) is 69.1 Å². The summed E-state index contributed by atoms with van der Waals surface area (Å²) in [5, 5.41) is 0.484.